The Balaban J connectivity index is 2.03. The van der Waals surface area contributed by atoms with Crippen LogP contribution in [0.1, 0.15) is 30.0 Å². The lowest BCUT2D eigenvalue weighted by Crippen LogP contribution is -1.87. The van der Waals surface area contributed by atoms with Gasteiger partial charge in [-0.15, -0.1) is 0 Å². The maximum atomic E-state index is 13.2. The van der Waals surface area contributed by atoms with Crippen molar-refractivity contribution in [1.82, 2.24) is 9.97 Å². The van der Waals surface area contributed by atoms with Crippen LogP contribution in [0.4, 0.5) is 4.39 Å². The van der Waals surface area contributed by atoms with Crippen molar-refractivity contribution in [2.24, 2.45) is 0 Å². The molecule has 0 aliphatic heterocycles. The van der Waals surface area contributed by atoms with Gasteiger partial charge in [0.15, 0.2) is 0 Å². The molecule has 0 bridgehead atoms. The molecule has 1 fully saturated rings. The third-order valence-corrected chi connectivity index (χ3v) is 3.07. The monoisotopic (exact) mass is 216 g/mol. The quantitative estimate of drug-likeness (QED) is 0.818. The molecule has 1 aliphatic rings. The van der Waals surface area contributed by atoms with Crippen molar-refractivity contribution in [3.8, 4) is 11.4 Å². The van der Waals surface area contributed by atoms with Crippen LogP contribution in [0.3, 0.4) is 0 Å². The highest BCUT2D eigenvalue weighted by molar-refractivity contribution is 5.60. The van der Waals surface area contributed by atoms with E-state index in [0.717, 1.165) is 17.0 Å². The van der Waals surface area contributed by atoms with E-state index in [0.29, 0.717) is 5.92 Å². The lowest BCUT2D eigenvalue weighted by molar-refractivity contribution is 0.628. The van der Waals surface area contributed by atoms with Gasteiger partial charge in [-0.25, -0.2) is 9.37 Å². The molecular weight excluding hydrogens is 203 g/mol. The van der Waals surface area contributed by atoms with Crippen LogP contribution in [-0.4, -0.2) is 9.97 Å². The number of nitrogens with one attached hydrogen (secondary N) is 1. The molecule has 0 radical (unpaired) electrons. The van der Waals surface area contributed by atoms with Crippen LogP contribution in [0.25, 0.3) is 11.4 Å². The van der Waals surface area contributed by atoms with Crippen LogP contribution in [0, 0.1) is 12.7 Å². The molecule has 1 aromatic carbocycles. The topological polar surface area (TPSA) is 28.7 Å². The average molecular weight is 216 g/mol. The number of benzene rings is 1. The molecule has 0 amide bonds. The minimum Gasteiger partial charge on any atom is -0.342 e. The van der Waals surface area contributed by atoms with Gasteiger partial charge in [-0.05, 0) is 37.5 Å². The summed E-state index contributed by atoms with van der Waals surface area (Å²) < 4.78 is 13.2. The fraction of sp³-hybridized carbons (Fsp3) is 0.308. The second-order valence-corrected chi connectivity index (χ2v) is 4.42. The van der Waals surface area contributed by atoms with Crippen molar-refractivity contribution in [2.75, 3.05) is 0 Å². The highest BCUT2D eigenvalue weighted by atomic mass is 19.1. The number of hydrogen-bond donors (Lipinski definition) is 1. The fourth-order valence-electron chi connectivity index (χ4n) is 1.92. The molecule has 1 N–H and O–H groups in total. The van der Waals surface area contributed by atoms with E-state index in [9.17, 15) is 4.39 Å². The normalized spacial score (nSPS) is 15.4. The fourth-order valence-corrected chi connectivity index (χ4v) is 1.92. The summed E-state index contributed by atoms with van der Waals surface area (Å²) >= 11 is 0. The van der Waals surface area contributed by atoms with Crippen molar-refractivity contribution < 1.29 is 4.39 Å². The number of imidazole rings is 1. The molecule has 1 saturated carbocycles. The van der Waals surface area contributed by atoms with Gasteiger partial charge in [-0.2, -0.15) is 0 Å². The number of aromatic nitrogens is 2. The first-order valence-corrected chi connectivity index (χ1v) is 5.55. The largest absolute Gasteiger partial charge is 0.342 e. The number of hydrogen-bond acceptors (Lipinski definition) is 1. The van der Waals surface area contributed by atoms with E-state index in [4.69, 9.17) is 0 Å². The molecule has 1 heterocycles. The summed E-state index contributed by atoms with van der Waals surface area (Å²) in [6, 6.07) is 4.79. The van der Waals surface area contributed by atoms with Gasteiger partial charge in [0.2, 0.25) is 0 Å². The Morgan fingerprint density at radius 3 is 2.94 bits per heavy atom. The van der Waals surface area contributed by atoms with Gasteiger partial charge >= 0.3 is 0 Å². The van der Waals surface area contributed by atoms with Crippen molar-refractivity contribution in [3.63, 3.8) is 0 Å². The molecular formula is C13H13FN2. The second-order valence-electron chi connectivity index (χ2n) is 4.42. The summed E-state index contributed by atoms with van der Waals surface area (Å²) in [5.74, 6) is 1.21. The van der Waals surface area contributed by atoms with Gasteiger partial charge < -0.3 is 4.98 Å². The molecule has 0 atom stereocenters. The van der Waals surface area contributed by atoms with E-state index in [1.807, 2.05) is 13.1 Å². The maximum Gasteiger partial charge on any atom is 0.137 e. The minimum absolute atomic E-state index is 0.218. The number of aryl methyl sites for hydroxylation is 1. The molecule has 3 rings (SSSR count). The number of halogens is 1. The Morgan fingerprint density at radius 1 is 1.38 bits per heavy atom. The van der Waals surface area contributed by atoms with E-state index < -0.39 is 0 Å². The SMILES string of the molecule is Cc1ccc(F)cc1-c1ncc(C2CC2)[nH]1. The third-order valence-electron chi connectivity index (χ3n) is 3.07. The van der Waals surface area contributed by atoms with E-state index in [1.165, 1.54) is 30.7 Å². The summed E-state index contributed by atoms with van der Waals surface area (Å²) in [7, 11) is 0. The summed E-state index contributed by atoms with van der Waals surface area (Å²) in [5.41, 5.74) is 3.07. The highest BCUT2D eigenvalue weighted by Crippen LogP contribution is 2.39. The van der Waals surface area contributed by atoms with Gasteiger partial charge in [0, 0.05) is 23.4 Å². The van der Waals surface area contributed by atoms with Crippen LogP contribution in [-0.2, 0) is 0 Å². The van der Waals surface area contributed by atoms with Crippen molar-refractivity contribution >= 4 is 0 Å². The number of nitrogens with zero attached hydrogens (tertiary/aromatic N) is 1. The molecule has 82 valence electrons. The van der Waals surface area contributed by atoms with Crippen LogP contribution in [0.5, 0.6) is 0 Å². The van der Waals surface area contributed by atoms with Gasteiger partial charge in [0.1, 0.15) is 11.6 Å². The second kappa shape index (κ2) is 3.44. The predicted molar refractivity (Wildman–Crippen MR) is 60.7 cm³/mol. The van der Waals surface area contributed by atoms with Crippen LogP contribution >= 0.6 is 0 Å². The number of aromatic amines is 1. The van der Waals surface area contributed by atoms with Gasteiger partial charge in [-0.3, -0.25) is 0 Å². The van der Waals surface area contributed by atoms with Gasteiger partial charge in [0.05, 0.1) is 0 Å². The van der Waals surface area contributed by atoms with E-state index in [1.54, 1.807) is 6.07 Å². The Kier molecular flexibility index (Phi) is 2.06. The van der Waals surface area contributed by atoms with Crippen LogP contribution in [0.15, 0.2) is 24.4 Å². The zero-order chi connectivity index (χ0) is 11.1. The molecule has 16 heavy (non-hydrogen) atoms. The summed E-state index contributed by atoms with van der Waals surface area (Å²) in [5, 5.41) is 0. The summed E-state index contributed by atoms with van der Waals surface area (Å²) in [6.45, 7) is 1.97. The highest BCUT2D eigenvalue weighted by Gasteiger charge is 2.25. The van der Waals surface area contributed by atoms with Crippen LogP contribution in [0.2, 0.25) is 0 Å². The Morgan fingerprint density at radius 2 is 2.19 bits per heavy atom. The Labute approximate surface area is 93.5 Å². The molecule has 2 nitrogen and oxygen atoms in total. The molecule has 0 unspecified atom stereocenters. The van der Waals surface area contributed by atoms with E-state index in [2.05, 4.69) is 9.97 Å². The smallest absolute Gasteiger partial charge is 0.137 e. The molecule has 1 aromatic heterocycles. The predicted octanol–water partition coefficient (Wildman–Crippen LogP) is 3.40. The minimum atomic E-state index is -0.218. The van der Waals surface area contributed by atoms with Crippen molar-refractivity contribution in [3.05, 3.63) is 41.5 Å². The molecule has 2 aromatic rings. The first-order chi connectivity index (χ1) is 7.74. The molecule has 3 heteroatoms. The number of rotatable bonds is 2. The third kappa shape index (κ3) is 1.62. The van der Waals surface area contributed by atoms with Crippen molar-refractivity contribution in [1.29, 1.82) is 0 Å². The van der Waals surface area contributed by atoms with Crippen LogP contribution < -0.4 is 0 Å². The zero-order valence-electron chi connectivity index (χ0n) is 9.13. The maximum absolute atomic E-state index is 13.2. The Hall–Kier alpha value is -1.64. The van der Waals surface area contributed by atoms with E-state index >= 15 is 0 Å². The van der Waals surface area contributed by atoms with Gasteiger partial charge in [-0.1, -0.05) is 6.07 Å². The zero-order valence-corrected chi connectivity index (χ0v) is 9.13. The molecule has 0 saturated heterocycles. The van der Waals surface area contributed by atoms with Crippen molar-refractivity contribution in [2.45, 2.75) is 25.7 Å². The van der Waals surface area contributed by atoms with Gasteiger partial charge in [0.25, 0.3) is 0 Å². The lowest BCUT2D eigenvalue weighted by atomic mass is 10.1. The first kappa shape index (κ1) is 9.58. The summed E-state index contributed by atoms with van der Waals surface area (Å²) in [4.78, 5) is 7.61. The number of H-pyrrole nitrogens is 1. The summed E-state index contributed by atoms with van der Waals surface area (Å²) in [6.07, 6.45) is 4.35. The molecule has 0 spiro atoms. The Bertz CT molecular complexity index is 526. The lowest BCUT2D eigenvalue weighted by Gasteiger charge is -2.02. The molecule has 1 aliphatic carbocycles. The first-order valence-electron chi connectivity index (χ1n) is 5.55. The van der Waals surface area contributed by atoms with E-state index in [-0.39, 0.29) is 5.82 Å². The standard InChI is InChI=1S/C13H13FN2/c1-8-2-5-10(14)6-11(8)13-15-7-12(16-13)9-3-4-9/h2,5-7,9H,3-4H2,1H3,(H,15,16). The average Bonchev–Trinajstić information content (AvgIpc) is 3.01.